The molecule has 1 rings (SSSR count). The second-order valence-corrected chi connectivity index (χ2v) is 3.53. The van der Waals surface area contributed by atoms with E-state index in [4.69, 9.17) is 9.47 Å². The Morgan fingerprint density at radius 1 is 1.36 bits per heavy atom. The van der Waals surface area contributed by atoms with Gasteiger partial charge in [-0.25, -0.2) is 13.8 Å². The smallest absolute Gasteiger partial charge is 0.268 e. The molecule has 0 aliphatic rings. The normalized spacial score (nSPS) is 10.4. The molecule has 0 fully saturated rings. The molecule has 0 saturated carbocycles. The maximum atomic E-state index is 12.6. The van der Waals surface area contributed by atoms with Crippen LogP contribution in [0.2, 0.25) is 0 Å². The van der Waals surface area contributed by atoms with Crippen LogP contribution in [0.25, 0.3) is 0 Å². The Morgan fingerprint density at radius 3 is 2.43 bits per heavy atom. The minimum atomic E-state index is -2.60. The van der Waals surface area contributed by atoms with E-state index in [-0.39, 0.29) is 17.2 Å². The van der Waals surface area contributed by atoms with E-state index in [2.05, 4.69) is 4.98 Å². The van der Waals surface area contributed by atoms with E-state index in [1.165, 1.54) is 20.4 Å². The molecule has 0 unspecified atom stereocenters. The molecule has 78 valence electrons. The highest BCUT2D eigenvalue weighted by Crippen LogP contribution is 2.37. The summed E-state index contributed by atoms with van der Waals surface area (Å²) in [7, 11) is 2.66. The molecule has 0 radical (unpaired) electrons. The topological polar surface area (TPSA) is 31.4 Å². The lowest BCUT2D eigenvalue weighted by atomic mass is 10.2. The summed E-state index contributed by atoms with van der Waals surface area (Å²) >= 11 is 1.78. The van der Waals surface area contributed by atoms with Gasteiger partial charge in [0.05, 0.1) is 19.8 Å². The molecule has 0 aliphatic heterocycles. The zero-order chi connectivity index (χ0) is 10.7. The largest absolute Gasteiger partial charge is 0.491 e. The van der Waals surface area contributed by atoms with Crippen LogP contribution >= 0.6 is 22.6 Å². The van der Waals surface area contributed by atoms with Gasteiger partial charge in [0.25, 0.3) is 12.3 Å². The number of alkyl halides is 2. The molecule has 14 heavy (non-hydrogen) atoms. The van der Waals surface area contributed by atoms with Crippen LogP contribution < -0.4 is 9.47 Å². The standard InChI is InChI=1S/C8H8F2INO2/c1-13-6-5(7(9)10)4(11)3-12-8(6)14-2/h3,7H,1-2H3. The summed E-state index contributed by atoms with van der Waals surface area (Å²) < 4.78 is 35.3. The van der Waals surface area contributed by atoms with Crippen molar-refractivity contribution < 1.29 is 18.3 Å². The van der Waals surface area contributed by atoms with Crippen LogP contribution in [-0.2, 0) is 0 Å². The van der Waals surface area contributed by atoms with E-state index in [0.29, 0.717) is 3.57 Å². The monoisotopic (exact) mass is 315 g/mol. The predicted molar refractivity (Wildman–Crippen MR) is 55.0 cm³/mol. The van der Waals surface area contributed by atoms with Gasteiger partial charge in [0.15, 0.2) is 5.75 Å². The fourth-order valence-corrected chi connectivity index (χ4v) is 1.63. The Labute approximate surface area is 93.6 Å². The summed E-state index contributed by atoms with van der Waals surface area (Å²) in [6.45, 7) is 0. The number of hydrogen-bond donors (Lipinski definition) is 0. The molecule has 6 heteroatoms. The first-order chi connectivity index (χ1) is 6.61. The van der Waals surface area contributed by atoms with E-state index < -0.39 is 6.43 Å². The summed E-state index contributed by atoms with van der Waals surface area (Å²) in [5, 5.41) is 0. The molecule has 0 saturated heterocycles. The number of ether oxygens (including phenoxy) is 2. The van der Waals surface area contributed by atoms with Crippen LogP contribution in [0.5, 0.6) is 11.6 Å². The SMILES string of the molecule is COc1ncc(I)c(C(F)F)c1OC. The minimum Gasteiger partial charge on any atom is -0.491 e. The number of rotatable bonds is 3. The van der Waals surface area contributed by atoms with Crippen LogP contribution in [0.4, 0.5) is 8.78 Å². The molecule has 3 nitrogen and oxygen atoms in total. The lowest BCUT2D eigenvalue weighted by molar-refractivity contribution is 0.144. The molecular formula is C8H8F2INO2. The van der Waals surface area contributed by atoms with Crippen LogP contribution in [0.1, 0.15) is 12.0 Å². The van der Waals surface area contributed by atoms with Crippen molar-refractivity contribution in [3.63, 3.8) is 0 Å². The van der Waals surface area contributed by atoms with Crippen molar-refractivity contribution in [2.24, 2.45) is 0 Å². The van der Waals surface area contributed by atoms with E-state index >= 15 is 0 Å². The van der Waals surface area contributed by atoms with Crippen molar-refractivity contribution >= 4 is 22.6 Å². The summed E-state index contributed by atoms with van der Waals surface area (Å²) in [6.07, 6.45) is -1.28. The van der Waals surface area contributed by atoms with Crippen molar-refractivity contribution in [2.75, 3.05) is 14.2 Å². The molecule has 1 aromatic rings. The van der Waals surface area contributed by atoms with Gasteiger partial charge in [-0.15, -0.1) is 0 Å². The summed E-state index contributed by atoms with van der Waals surface area (Å²) in [6, 6.07) is 0. The summed E-state index contributed by atoms with van der Waals surface area (Å²) in [4.78, 5) is 3.82. The third-order valence-electron chi connectivity index (χ3n) is 1.61. The van der Waals surface area contributed by atoms with Gasteiger partial charge >= 0.3 is 0 Å². The Morgan fingerprint density at radius 2 is 2.00 bits per heavy atom. The van der Waals surface area contributed by atoms with Gasteiger partial charge in [-0.05, 0) is 22.6 Å². The average molecular weight is 315 g/mol. The number of nitrogens with zero attached hydrogens (tertiary/aromatic N) is 1. The molecule has 1 heterocycles. The van der Waals surface area contributed by atoms with Gasteiger partial charge < -0.3 is 9.47 Å². The van der Waals surface area contributed by atoms with Crippen LogP contribution in [0.3, 0.4) is 0 Å². The van der Waals surface area contributed by atoms with E-state index in [9.17, 15) is 8.78 Å². The van der Waals surface area contributed by atoms with Crippen LogP contribution in [0, 0.1) is 3.57 Å². The second-order valence-electron chi connectivity index (χ2n) is 2.36. The van der Waals surface area contributed by atoms with Gasteiger partial charge in [0.1, 0.15) is 0 Å². The van der Waals surface area contributed by atoms with Crippen molar-refractivity contribution in [3.8, 4) is 11.6 Å². The first-order valence-corrected chi connectivity index (χ1v) is 4.74. The number of pyridine rings is 1. The summed E-state index contributed by atoms with van der Waals surface area (Å²) in [5.74, 6) is 0.0672. The molecule has 0 aliphatic carbocycles. The molecule has 1 aromatic heterocycles. The lowest BCUT2D eigenvalue weighted by Gasteiger charge is -2.12. The minimum absolute atomic E-state index is 0.00519. The highest BCUT2D eigenvalue weighted by molar-refractivity contribution is 14.1. The number of methoxy groups -OCH3 is 2. The maximum Gasteiger partial charge on any atom is 0.268 e. The van der Waals surface area contributed by atoms with Crippen LogP contribution in [0.15, 0.2) is 6.20 Å². The molecule has 0 spiro atoms. The predicted octanol–water partition coefficient (Wildman–Crippen LogP) is 2.64. The van der Waals surface area contributed by atoms with Crippen molar-refractivity contribution in [2.45, 2.75) is 6.43 Å². The Kier molecular flexibility index (Phi) is 3.85. The van der Waals surface area contributed by atoms with Crippen LogP contribution in [-0.4, -0.2) is 19.2 Å². The van der Waals surface area contributed by atoms with E-state index in [1.807, 2.05) is 0 Å². The molecule has 0 atom stereocenters. The van der Waals surface area contributed by atoms with Gasteiger partial charge in [0.2, 0.25) is 0 Å². The number of aromatic nitrogens is 1. The Balaban J connectivity index is 3.35. The van der Waals surface area contributed by atoms with Gasteiger partial charge in [-0.3, -0.25) is 0 Å². The zero-order valence-corrected chi connectivity index (χ0v) is 9.71. The van der Waals surface area contributed by atoms with Crippen molar-refractivity contribution in [3.05, 3.63) is 15.3 Å². The highest BCUT2D eigenvalue weighted by Gasteiger charge is 2.22. The quantitative estimate of drug-likeness (QED) is 0.804. The maximum absolute atomic E-state index is 12.6. The fourth-order valence-electron chi connectivity index (χ4n) is 1.01. The highest BCUT2D eigenvalue weighted by atomic mass is 127. The number of halogens is 3. The number of hydrogen-bond acceptors (Lipinski definition) is 3. The zero-order valence-electron chi connectivity index (χ0n) is 7.55. The molecule has 0 aromatic carbocycles. The third kappa shape index (κ3) is 2.05. The first kappa shape index (κ1) is 11.4. The van der Waals surface area contributed by atoms with Gasteiger partial charge in [-0.2, -0.15) is 0 Å². The third-order valence-corrected chi connectivity index (χ3v) is 2.47. The van der Waals surface area contributed by atoms with Gasteiger partial charge in [-0.1, -0.05) is 0 Å². The van der Waals surface area contributed by atoms with Crippen molar-refractivity contribution in [1.29, 1.82) is 0 Å². The Bertz CT molecular complexity index is 333. The molecule has 0 bridgehead atoms. The molecular weight excluding hydrogens is 307 g/mol. The first-order valence-electron chi connectivity index (χ1n) is 3.66. The molecule has 0 amide bonds. The van der Waals surface area contributed by atoms with Crippen molar-refractivity contribution in [1.82, 2.24) is 4.98 Å². The fraction of sp³-hybridized carbons (Fsp3) is 0.375. The second kappa shape index (κ2) is 4.72. The lowest BCUT2D eigenvalue weighted by Crippen LogP contribution is -2.01. The molecule has 0 N–H and O–H groups in total. The Hall–Kier alpha value is -0.660. The van der Waals surface area contributed by atoms with Gasteiger partial charge in [0, 0.05) is 9.77 Å². The summed E-state index contributed by atoms with van der Waals surface area (Å²) in [5.41, 5.74) is -0.181. The van der Waals surface area contributed by atoms with E-state index in [1.54, 1.807) is 22.6 Å². The average Bonchev–Trinajstić information content (AvgIpc) is 2.16. The van der Waals surface area contributed by atoms with E-state index in [0.717, 1.165) is 0 Å².